The van der Waals surface area contributed by atoms with E-state index in [2.05, 4.69) is 15.1 Å². The molecule has 0 spiro atoms. The lowest BCUT2D eigenvalue weighted by Crippen LogP contribution is -2.34. The van der Waals surface area contributed by atoms with Crippen LogP contribution in [0.25, 0.3) is 11.1 Å². The van der Waals surface area contributed by atoms with Gasteiger partial charge in [-0.25, -0.2) is 13.2 Å². The molecule has 0 bridgehead atoms. The Kier molecular flexibility index (Phi) is 4.99. The first-order valence-electron chi connectivity index (χ1n) is 9.05. The molecule has 1 saturated heterocycles. The molecule has 27 heavy (non-hydrogen) atoms. The Morgan fingerprint density at radius 1 is 1.04 bits per heavy atom. The van der Waals surface area contributed by atoms with Crippen LogP contribution in [-0.4, -0.2) is 28.2 Å². The van der Waals surface area contributed by atoms with Crippen LogP contribution in [0.15, 0.2) is 48.7 Å². The summed E-state index contributed by atoms with van der Waals surface area (Å²) >= 11 is 0. The second-order valence-electron chi connectivity index (χ2n) is 7.01. The maximum absolute atomic E-state index is 14.0. The van der Waals surface area contributed by atoms with E-state index in [9.17, 15) is 13.2 Å². The zero-order valence-corrected chi connectivity index (χ0v) is 14.8. The molecule has 0 aliphatic carbocycles. The van der Waals surface area contributed by atoms with Crippen molar-refractivity contribution in [3.05, 3.63) is 77.4 Å². The number of H-pyrrole nitrogens is 1. The smallest absolute Gasteiger partial charge is 0.127 e. The van der Waals surface area contributed by atoms with Crippen LogP contribution in [-0.2, 0) is 6.54 Å². The van der Waals surface area contributed by atoms with Gasteiger partial charge in [0, 0.05) is 35.8 Å². The van der Waals surface area contributed by atoms with E-state index in [1.807, 2.05) is 0 Å². The third-order valence-electron chi connectivity index (χ3n) is 5.14. The molecule has 0 radical (unpaired) electrons. The summed E-state index contributed by atoms with van der Waals surface area (Å²) in [7, 11) is 0. The van der Waals surface area contributed by atoms with Crippen LogP contribution in [0.3, 0.4) is 0 Å². The Morgan fingerprint density at radius 2 is 1.81 bits per heavy atom. The van der Waals surface area contributed by atoms with Gasteiger partial charge in [0.25, 0.3) is 0 Å². The minimum absolute atomic E-state index is 0.206. The Labute approximate surface area is 155 Å². The zero-order chi connectivity index (χ0) is 18.8. The summed E-state index contributed by atoms with van der Waals surface area (Å²) in [4.78, 5) is 2.14. The summed E-state index contributed by atoms with van der Waals surface area (Å²) in [6.07, 6.45) is 3.70. The van der Waals surface area contributed by atoms with E-state index in [1.54, 1.807) is 18.3 Å². The van der Waals surface area contributed by atoms with Gasteiger partial charge < -0.3 is 0 Å². The number of nitrogens with zero attached hydrogens (tertiary/aromatic N) is 2. The van der Waals surface area contributed by atoms with E-state index in [0.717, 1.165) is 48.8 Å². The van der Waals surface area contributed by atoms with Crippen LogP contribution in [0, 0.1) is 17.5 Å². The van der Waals surface area contributed by atoms with Gasteiger partial charge >= 0.3 is 0 Å². The first-order valence-corrected chi connectivity index (χ1v) is 9.05. The fourth-order valence-corrected chi connectivity index (χ4v) is 3.81. The molecule has 140 valence electrons. The van der Waals surface area contributed by atoms with Crippen molar-refractivity contribution in [3.8, 4) is 11.1 Å². The van der Waals surface area contributed by atoms with E-state index in [-0.39, 0.29) is 17.6 Å². The second-order valence-corrected chi connectivity index (χ2v) is 7.01. The van der Waals surface area contributed by atoms with Gasteiger partial charge in [-0.1, -0.05) is 12.1 Å². The minimum Gasteiger partial charge on any atom is -0.298 e. The van der Waals surface area contributed by atoms with E-state index in [0.29, 0.717) is 12.1 Å². The highest BCUT2D eigenvalue weighted by atomic mass is 19.1. The summed E-state index contributed by atoms with van der Waals surface area (Å²) in [6, 6.07) is 9.93. The molecule has 1 aromatic heterocycles. The predicted octanol–water partition coefficient (Wildman–Crippen LogP) is 4.87. The fraction of sp³-hybridized carbons (Fsp3) is 0.286. The summed E-state index contributed by atoms with van der Waals surface area (Å²) in [6.45, 7) is 1.94. The number of piperidine rings is 1. The molecule has 0 saturated carbocycles. The van der Waals surface area contributed by atoms with Crippen LogP contribution in [0.5, 0.6) is 0 Å². The molecule has 3 aromatic rings. The Bertz CT molecular complexity index is 921. The van der Waals surface area contributed by atoms with Gasteiger partial charge in [-0.3, -0.25) is 10.00 Å². The molecule has 1 atom stereocenters. The standard InChI is InChI=1S/C21H20F3N3/c22-17-5-3-14(4-6-17)19-11-25-26-21(19)15-2-1-9-27(12-15)13-16-10-18(23)7-8-20(16)24/h3-8,10-11,15H,1-2,9,12-13H2,(H,25,26)/t15-/m1/s1. The predicted molar refractivity (Wildman–Crippen MR) is 97.6 cm³/mol. The number of benzene rings is 2. The van der Waals surface area contributed by atoms with Crippen LogP contribution < -0.4 is 0 Å². The molecule has 3 nitrogen and oxygen atoms in total. The van der Waals surface area contributed by atoms with Gasteiger partial charge in [0.1, 0.15) is 17.5 Å². The van der Waals surface area contributed by atoms with E-state index >= 15 is 0 Å². The molecule has 4 rings (SSSR count). The first-order chi connectivity index (χ1) is 13.1. The highest BCUT2D eigenvalue weighted by Gasteiger charge is 2.25. The SMILES string of the molecule is Fc1ccc(-c2cn[nH]c2[C@@H]2CCCN(Cc3cc(F)ccc3F)C2)cc1. The molecule has 1 aliphatic rings. The third-order valence-corrected chi connectivity index (χ3v) is 5.14. The van der Waals surface area contributed by atoms with Crippen molar-refractivity contribution in [1.82, 2.24) is 15.1 Å². The van der Waals surface area contributed by atoms with Crippen LogP contribution >= 0.6 is 0 Å². The van der Waals surface area contributed by atoms with Crippen molar-refractivity contribution in [3.63, 3.8) is 0 Å². The zero-order valence-electron chi connectivity index (χ0n) is 14.8. The minimum atomic E-state index is -0.424. The van der Waals surface area contributed by atoms with Gasteiger partial charge in [0.15, 0.2) is 0 Å². The second kappa shape index (κ2) is 7.56. The molecular weight excluding hydrogens is 351 g/mol. The Morgan fingerprint density at radius 3 is 2.63 bits per heavy atom. The average molecular weight is 371 g/mol. The van der Waals surface area contributed by atoms with Gasteiger partial charge in [0.2, 0.25) is 0 Å². The first kappa shape index (κ1) is 17.8. The normalized spacial score (nSPS) is 18.0. The van der Waals surface area contributed by atoms with Gasteiger partial charge in [0.05, 0.1) is 6.20 Å². The highest BCUT2D eigenvalue weighted by molar-refractivity contribution is 5.65. The number of nitrogens with one attached hydrogen (secondary N) is 1. The molecule has 1 N–H and O–H groups in total. The Balaban J connectivity index is 1.53. The van der Waals surface area contributed by atoms with Crippen LogP contribution in [0.2, 0.25) is 0 Å². The number of hydrogen-bond donors (Lipinski definition) is 1. The number of halogens is 3. The van der Waals surface area contributed by atoms with E-state index in [4.69, 9.17) is 0 Å². The molecule has 0 unspecified atom stereocenters. The quantitative estimate of drug-likeness (QED) is 0.709. The number of rotatable bonds is 4. The molecular formula is C21H20F3N3. The molecule has 6 heteroatoms. The summed E-state index contributed by atoms with van der Waals surface area (Å²) in [5.74, 6) is -0.873. The van der Waals surface area contributed by atoms with Gasteiger partial charge in [-0.05, 0) is 55.3 Å². The largest absolute Gasteiger partial charge is 0.298 e. The number of aromatic amines is 1. The van der Waals surface area contributed by atoms with E-state index < -0.39 is 5.82 Å². The number of hydrogen-bond acceptors (Lipinski definition) is 2. The van der Waals surface area contributed by atoms with Crippen LogP contribution in [0.4, 0.5) is 13.2 Å². The summed E-state index contributed by atoms with van der Waals surface area (Å²) in [5, 5.41) is 7.27. The average Bonchev–Trinajstić information content (AvgIpc) is 3.15. The molecule has 1 aliphatic heterocycles. The molecule has 1 fully saturated rings. The lowest BCUT2D eigenvalue weighted by molar-refractivity contribution is 0.196. The number of likely N-dealkylation sites (tertiary alicyclic amines) is 1. The van der Waals surface area contributed by atoms with E-state index in [1.165, 1.54) is 24.3 Å². The van der Waals surface area contributed by atoms with Crippen molar-refractivity contribution >= 4 is 0 Å². The van der Waals surface area contributed by atoms with Crippen LogP contribution in [0.1, 0.15) is 30.0 Å². The molecule has 0 amide bonds. The summed E-state index contributed by atoms with van der Waals surface area (Å²) in [5.41, 5.74) is 3.25. The van der Waals surface area contributed by atoms with Gasteiger partial charge in [-0.2, -0.15) is 5.10 Å². The summed E-state index contributed by atoms with van der Waals surface area (Å²) < 4.78 is 40.6. The fourth-order valence-electron chi connectivity index (χ4n) is 3.81. The van der Waals surface area contributed by atoms with Crippen molar-refractivity contribution in [2.45, 2.75) is 25.3 Å². The maximum Gasteiger partial charge on any atom is 0.127 e. The molecule has 2 heterocycles. The van der Waals surface area contributed by atoms with Crippen molar-refractivity contribution in [1.29, 1.82) is 0 Å². The number of aromatic nitrogens is 2. The highest BCUT2D eigenvalue weighted by Crippen LogP contribution is 2.33. The van der Waals surface area contributed by atoms with Crippen molar-refractivity contribution < 1.29 is 13.2 Å². The Hall–Kier alpha value is -2.60. The lowest BCUT2D eigenvalue weighted by Gasteiger charge is -2.32. The van der Waals surface area contributed by atoms with Crippen molar-refractivity contribution in [2.24, 2.45) is 0 Å². The topological polar surface area (TPSA) is 31.9 Å². The third kappa shape index (κ3) is 3.90. The van der Waals surface area contributed by atoms with Crippen molar-refractivity contribution in [2.75, 3.05) is 13.1 Å². The molecule has 2 aromatic carbocycles. The van der Waals surface area contributed by atoms with Gasteiger partial charge in [-0.15, -0.1) is 0 Å². The maximum atomic E-state index is 14.0. The lowest BCUT2D eigenvalue weighted by atomic mass is 9.90. The monoisotopic (exact) mass is 371 g/mol.